The van der Waals surface area contributed by atoms with E-state index in [0.717, 1.165) is 5.92 Å². The Bertz CT molecular complexity index is 218. The molecular formula is C13H22. The maximum atomic E-state index is 2.42. The lowest BCUT2D eigenvalue weighted by molar-refractivity contribution is 0.216. The Balaban J connectivity index is 2.75. The molecule has 1 unspecified atom stereocenters. The van der Waals surface area contributed by atoms with E-state index in [-0.39, 0.29) is 0 Å². The lowest BCUT2D eigenvalue weighted by Gasteiger charge is -2.38. The Kier molecular flexibility index (Phi) is 3.35. The Morgan fingerprint density at radius 2 is 2.23 bits per heavy atom. The van der Waals surface area contributed by atoms with Crippen molar-refractivity contribution in [1.29, 1.82) is 0 Å². The second-order valence-corrected chi connectivity index (χ2v) is 4.83. The van der Waals surface area contributed by atoms with E-state index >= 15 is 0 Å². The average Bonchev–Trinajstić information content (AvgIpc) is 2.02. The van der Waals surface area contributed by atoms with E-state index in [1.165, 1.54) is 19.3 Å². The summed E-state index contributed by atoms with van der Waals surface area (Å²) < 4.78 is 0. The van der Waals surface area contributed by atoms with Crippen LogP contribution in [-0.2, 0) is 0 Å². The molecular weight excluding hydrogens is 156 g/mol. The van der Waals surface area contributed by atoms with Gasteiger partial charge in [0.05, 0.1) is 0 Å². The van der Waals surface area contributed by atoms with Gasteiger partial charge in [-0.25, -0.2) is 0 Å². The summed E-state index contributed by atoms with van der Waals surface area (Å²) in [7, 11) is 0. The van der Waals surface area contributed by atoms with Crippen molar-refractivity contribution in [2.24, 2.45) is 11.3 Å². The predicted octanol–water partition coefficient (Wildman–Crippen LogP) is 4.34. The Morgan fingerprint density at radius 1 is 1.54 bits per heavy atom. The van der Waals surface area contributed by atoms with Crippen LogP contribution in [0.25, 0.3) is 0 Å². The lowest BCUT2D eigenvalue weighted by Crippen LogP contribution is -2.27. The van der Waals surface area contributed by atoms with Crippen molar-refractivity contribution < 1.29 is 0 Å². The first-order valence-corrected chi connectivity index (χ1v) is 5.36. The molecule has 1 rings (SSSR count). The van der Waals surface area contributed by atoms with Gasteiger partial charge in [-0.05, 0) is 44.4 Å². The summed E-state index contributed by atoms with van der Waals surface area (Å²) >= 11 is 0. The first kappa shape index (κ1) is 10.6. The molecule has 0 radical (unpaired) electrons. The third-order valence-corrected chi connectivity index (χ3v) is 3.36. The van der Waals surface area contributed by atoms with Crippen LogP contribution in [0.3, 0.4) is 0 Å². The zero-order valence-corrected chi connectivity index (χ0v) is 9.43. The zero-order chi connectivity index (χ0) is 9.90. The minimum atomic E-state index is 0.498. The Hall–Kier alpha value is -0.520. The predicted molar refractivity (Wildman–Crippen MR) is 59.7 cm³/mol. The molecule has 0 saturated heterocycles. The molecule has 0 fully saturated rings. The van der Waals surface area contributed by atoms with Crippen molar-refractivity contribution in [3.05, 3.63) is 23.8 Å². The number of hydrogen-bond acceptors (Lipinski definition) is 0. The molecule has 0 aliphatic heterocycles. The van der Waals surface area contributed by atoms with Crippen molar-refractivity contribution in [2.75, 3.05) is 0 Å². The van der Waals surface area contributed by atoms with Crippen LogP contribution >= 0.6 is 0 Å². The summed E-state index contributed by atoms with van der Waals surface area (Å²) in [5.74, 6) is 0.762. The number of allylic oxidation sites excluding steroid dienone is 4. The highest BCUT2D eigenvalue weighted by Gasteiger charge is 2.31. The normalized spacial score (nSPS) is 27.7. The van der Waals surface area contributed by atoms with Crippen LogP contribution < -0.4 is 0 Å². The smallest absolute Gasteiger partial charge is 0.0120 e. The fourth-order valence-electron chi connectivity index (χ4n) is 2.38. The summed E-state index contributed by atoms with van der Waals surface area (Å²) in [5, 5.41) is 0. The minimum absolute atomic E-state index is 0.498. The van der Waals surface area contributed by atoms with E-state index < -0.39 is 0 Å². The second kappa shape index (κ2) is 4.13. The molecule has 0 nitrogen and oxygen atoms in total. The van der Waals surface area contributed by atoms with Gasteiger partial charge in [-0.15, -0.1) is 0 Å². The van der Waals surface area contributed by atoms with Crippen LogP contribution in [0.15, 0.2) is 23.8 Å². The quantitative estimate of drug-likeness (QED) is 0.552. The fourth-order valence-corrected chi connectivity index (χ4v) is 2.38. The van der Waals surface area contributed by atoms with Crippen molar-refractivity contribution in [1.82, 2.24) is 0 Å². The molecule has 0 heterocycles. The van der Waals surface area contributed by atoms with Gasteiger partial charge in [-0.3, -0.25) is 0 Å². The molecule has 0 amide bonds. The molecule has 74 valence electrons. The highest BCUT2D eigenvalue weighted by molar-refractivity contribution is 5.13. The molecule has 0 N–H and O–H groups in total. The summed E-state index contributed by atoms with van der Waals surface area (Å²) in [6.07, 6.45) is 10.7. The first-order chi connectivity index (χ1) is 6.08. The van der Waals surface area contributed by atoms with Gasteiger partial charge in [0.25, 0.3) is 0 Å². The van der Waals surface area contributed by atoms with Gasteiger partial charge in [0, 0.05) is 0 Å². The maximum Gasteiger partial charge on any atom is -0.0120 e. The van der Waals surface area contributed by atoms with Gasteiger partial charge < -0.3 is 0 Å². The van der Waals surface area contributed by atoms with Gasteiger partial charge in [-0.2, -0.15) is 0 Å². The average molecular weight is 178 g/mol. The van der Waals surface area contributed by atoms with Crippen LogP contribution in [0.1, 0.15) is 47.0 Å². The Labute approximate surface area is 82.7 Å². The van der Waals surface area contributed by atoms with Gasteiger partial charge >= 0.3 is 0 Å². The minimum Gasteiger partial charge on any atom is -0.0916 e. The molecule has 1 aliphatic carbocycles. The number of rotatable bonds is 2. The largest absolute Gasteiger partial charge is 0.0916 e. The summed E-state index contributed by atoms with van der Waals surface area (Å²) in [4.78, 5) is 0. The second-order valence-electron chi connectivity index (χ2n) is 4.83. The van der Waals surface area contributed by atoms with Gasteiger partial charge in [0.1, 0.15) is 0 Å². The van der Waals surface area contributed by atoms with Gasteiger partial charge in [0.15, 0.2) is 0 Å². The molecule has 0 saturated carbocycles. The van der Waals surface area contributed by atoms with Crippen LogP contribution in [0.2, 0.25) is 0 Å². The van der Waals surface area contributed by atoms with E-state index in [9.17, 15) is 0 Å². The van der Waals surface area contributed by atoms with Crippen molar-refractivity contribution >= 4 is 0 Å². The molecule has 0 spiro atoms. The topological polar surface area (TPSA) is 0 Å². The highest BCUT2D eigenvalue weighted by Crippen LogP contribution is 2.42. The number of hydrogen-bond donors (Lipinski definition) is 0. The third-order valence-electron chi connectivity index (χ3n) is 3.36. The molecule has 0 aromatic rings. The Morgan fingerprint density at radius 3 is 2.77 bits per heavy atom. The van der Waals surface area contributed by atoms with Crippen molar-refractivity contribution in [3.63, 3.8) is 0 Å². The summed E-state index contributed by atoms with van der Waals surface area (Å²) in [6, 6.07) is 0. The molecule has 0 aromatic carbocycles. The summed E-state index contributed by atoms with van der Waals surface area (Å²) in [5.41, 5.74) is 2.09. The fraction of sp³-hybridized carbons (Fsp3) is 0.692. The van der Waals surface area contributed by atoms with Gasteiger partial charge in [0.2, 0.25) is 0 Å². The van der Waals surface area contributed by atoms with E-state index in [2.05, 4.69) is 45.9 Å². The zero-order valence-electron chi connectivity index (χ0n) is 9.43. The first-order valence-electron chi connectivity index (χ1n) is 5.36. The molecule has 1 aliphatic rings. The highest BCUT2D eigenvalue weighted by atomic mass is 14.4. The van der Waals surface area contributed by atoms with E-state index in [1.807, 2.05) is 0 Å². The van der Waals surface area contributed by atoms with Crippen LogP contribution in [0.5, 0.6) is 0 Å². The molecule has 0 aromatic heterocycles. The summed E-state index contributed by atoms with van der Waals surface area (Å²) in [6.45, 7) is 9.19. The van der Waals surface area contributed by atoms with Crippen molar-refractivity contribution in [2.45, 2.75) is 47.0 Å². The van der Waals surface area contributed by atoms with Crippen LogP contribution in [0.4, 0.5) is 0 Å². The molecule has 13 heavy (non-hydrogen) atoms. The van der Waals surface area contributed by atoms with Crippen LogP contribution in [-0.4, -0.2) is 0 Å². The van der Waals surface area contributed by atoms with E-state index in [0.29, 0.717) is 5.41 Å². The van der Waals surface area contributed by atoms with Crippen molar-refractivity contribution in [3.8, 4) is 0 Å². The SMILES string of the molecule is CC=CCC1C(C)=CCCC1(C)C. The molecule has 0 heteroatoms. The van der Waals surface area contributed by atoms with E-state index in [4.69, 9.17) is 0 Å². The van der Waals surface area contributed by atoms with Crippen LogP contribution in [0, 0.1) is 11.3 Å². The molecule has 0 bridgehead atoms. The van der Waals surface area contributed by atoms with E-state index in [1.54, 1.807) is 5.57 Å². The standard InChI is InChI=1S/C13H22/c1-5-6-9-12-11(2)8-7-10-13(12,3)4/h5-6,8,12H,7,9-10H2,1-4H3. The van der Waals surface area contributed by atoms with Gasteiger partial charge in [-0.1, -0.05) is 37.6 Å². The lowest BCUT2D eigenvalue weighted by atomic mass is 9.67. The third kappa shape index (κ3) is 2.46. The monoisotopic (exact) mass is 178 g/mol. The molecule has 1 atom stereocenters. The maximum absolute atomic E-state index is 2.42.